The van der Waals surface area contributed by atoms with E-state index in [4.69, 9.17) is 16.3 Å². The standard InChI is InChI=1S/C23H29ClN2O3S/c1-25-22-14-17-6-7-19(29-11-10-23(8-3-9-23)26-30(27)28)15-20(17)21(22)13-16-4-2-5-18(24)12-16/h2,4-7,12,15,21-22,25-26H,3,8-11,13-14H2,1H3,(H,27,28). The molecule has 2 aliphatic rings. The van der Waals surface area contributed by atoms with Gasteiger partial charge >= 0.3 is 0 Å². The SMILES string of the molecule is CNC1Cc2ccc(OCCC3(NS(=O)O)CCC3)cc2C1Cc1cccc(Cl)c1. The van der Waals surface area contributed by atoms with Crippen molar-refractivity contribution in [2.45, 2.75) is 56.0 Å². The van der Waals surface area contributed by atoms with Crippen molar-refractivity contribution in [1.29, 1.82) is 0 Å². The van der Waals surface area contributed by atoms with E-state index in [0.717, 1.165) is 49.3 Å². The van der Waals surface area contributed by atoms with Crippen LogP contribution in [0.1, 0.15) is 48.3 Å². The van der Waals surface area contributed by atoms with Crippen LogP contribution in [-0.4, -0.2) is 34.0 Å². The van der Waals surface area contributed by atoms with Crippen LogP contribution >= 0.6 is 11.6 Å². The molecule has 4 rings (SSSR count). The lowest BCUT2D eigenvalue weighted by Gasteiger charge is -2.41. The van der Waals surface area contributed by atoms with E-state index < -0.39 is 11.3 Å². The second kappa shape index (κ2) is 9.37. The molecule has 3 N–H and O–H groups in total. The first-order valence-electron chi connectivity index (χ1n) is 10.5. The highest BCUT2D eigenvalue weighted by Gasteiger charge is 2.38. The van der Waals surface area contributed by atoms with Gasteiger partial charge in [-0.05, 0) is 80.1 Å². The van der Waals surface area contributed by atoms with Gasteiger partial charge in [-0.1, -0.05) is 29.8 Å². The fraction of sp³-hybridized carbons (Fsp3) is 0.478. The number of likely N-dealkylation sites (N-methyl/N-ethyl adjacent to an activating group) is 1. The minimum absolute atomic E-state index is 0.261. The molecule has 1 fully saturated rings. The van der Waals surface area contributed by atoms with Gasteiger partial charge in [-0.3, -0.25) is 4.55 Å². The van der Waals surface area contributed by atoms with Crippen LogP contribution in [0.4, 0.5) is 0 Å². The van der Waals surface area contributed by atoms with Crippen molar-refractivity contribution < 1.29 is 13.5 Å². The maximum atomic E-state index is 11.2. The van der Waals surface area contributed by atoms with E-state index in [2.05, 4.69) is 28.2 Å². The Morgan fingerprint density at radius 1 is 1.27 bits per heavy atom. The van der Waals surface area contributed by atoms with Crippen LogP contribution in [0.25, 0.3) is 0 Å². The molecule has 30 heavy (non-hydrogen) atoms. The summed E-state index contributed by atoms with van der Waals surface area (Å²) in [5.41, 5.74) is 3.67. The highest BCUT2D eigenvalue weighted by atomic mass is 35.5. The van der Waals surface area contributed by atoms with E-state index in [1.54, 1.807) is 0 Å². The van der Waals surface area contributed by atoms with Gasteiger partial charge in [-0.25, -0.2) is 8.93 Å². The Morgan fingerprint density at radius 2 is 2.10 bits per heavy atom. The van der Waals surface area contributed by atoms with Crippen LogP contribution in [-0.2, 0) is 24.1 Å². The summed E-state index contributed by atoms with van der Waals surface area (Å²) in [6.45, 7) is 0.525. The van der Waals surface area contributed by atoms with Crippen molar-refractivity contribution in [1.82, 2.24) is 10.0 Å². The van der Waals surface area contributed by atoms with Gasteiger partial charge in [-0.2, -0.15) is 0 Å². The molecule has 0 saturated heterocycles. The lowest BCUT2D eigenvalue weighted by Crippen LogP contribution is -2.52. The predicted octanol–water partition coefficient (Wildman–Crippen LogP) is 4.23. The molecule has 0 aromatic heterocycles. The average molecular weight is 449 g/mol. The van der Waals surface area contributed by atoms with Crippen LogP contribution in [0, 0.1) is 0 Å². The first kappa shape index (κ1) is 21.8. The fourth-order valence-electron chi connectivity index (χ4n) is 4.82. The Hall–Kier alpha value is -1.44. The van der Waals surface area contributed by atoms with E-state index in [9.17, 15) is 8.76 Å². The van der Waals surface area contributed by atoms with Crippen LogP contribution in [0.5, 0.6) is 5.75 Å². The van der Waals surface area contributed by atoms with E-state index >= 15 is 0 Å². The number of ether oxygens (including phenoxy) is 1. The minimum atomic E-state index is -1.98. The summed E-state index contributed by atoms with van der Waals surface area (Å²) in [7, 11) is 2.02. The molecule has 3 unspecified atom stereocenters. The molecule has 162 valence electrons. The summed E-state index contributed by atoms with van der Waals surface area (Å²) in [4.78, 5) is 0. The first-order chi connectivity index (χ1) is 14.5. The summed E-state index contributed by atoms with van der Waals surface area (Å²) in [6.07, 6.45) is 5.57. The number of benzene rings is 2. The Balaban J connectivity index is 1.45. The minimum Gasteiger partial charge on any atom is -0.494 e. The molecule has 7 heteroatoms. The second-order valence-corrected chi connectivity index (χ2v) is 9.62. The number of fused-ring (bicyclic) bond motifs is 1. The summed E-state index contributed by atoms with van der Waals surface area (Å²) in [6, 6.07) is 14.9. The normalized spacial score (nSPS) is 22.9. The molecule has 0 heterocycles. The molecule has 3 atom stereocenters. The van der Waals surface area contributed by atoms with Crippen molar-refractivity contribution in [2.24, 2.45) is 0 Å². The van der Waals surface area contributed by atoms with Gasteiger partial charge in [0.2, 0.25) is 11.3 Å². The molecular weight excluding hydrogens is 420 g/mol. The molecule has 5 nitrogen and oxygen atoms in total. The molecular formula is C23H29ClN2O3S. The van der Waals surface area contributed by atoms with Crippen molar-refractivity contribution >= 4 is 22.9 Å². The highest BCUT2D eigenvalue weighted by Crippen LogP contribution is 2.39. The zero-order valence-corrected chi connectivity index (χ0v) is 18.8. The van der Waals surface area contributed by atoms with Crippen molar-refractivity contribution in [3.05, 3.63) is 64.2 Å². The number of halogens is 1. The van der Waals surface area contributed by atoms with Gasteiger partial charge in [0, 0.05) is 28.9 Å². The lowest BCUT2D eigenvalue weighted by atomic mass is 9.75. The average Bonchev–Trinajstić information content (AvgIpc) is 3.03. The molecule has 1 saturated carbocycles. The third kappa shape index (κ3) is 4.89. The molecule has 0 bridgehead atoms. The lowest BCUT2D eigenvalue weighted by molar-refractivity contribution is 0.164. The number of hydrogen-bond acceptors (Lipinski definition) is 3. The van der Waals surface area contributed by atoms with Crippen LogP contribution in [0.2, 0.25) is 5.02 Å². The Bertz CT molecular complexity index is 919. The monoisotopic (exact) mass is 448 g/mol. The van der Waals surface area contributed by atoms with Crippen LogP contribution in [0.15, 0.2) is 42.5 Å². The number of rotatable bonds is 9. The molecule has 0 amide bonds. The fourth-order valence-corrected chi connectivity index (χ4v) is 5.71. The third-order valence-corrected chi connectivity index (χ3v) is 7.46. The third-order valence-electron chi connectivity index (χ3n) is 6.62. The quantitative estimate of drug-likeness (QED) is 0.502. The largest absolute Gasteiger partial charge is 0.494 e. The molecule has 0 aliphatic heterocycles. The second-order valence-electron chi connectivity index (χ2n) is 8.48. The summed E-state index contributed by atoms with van der Waals surface area (Å²) in [5, 5.41) is 4.25. The number of hydrogen-bond donors (Lipinski definition) is 3. The van der Waals surface area contributed by atoms with Gasteiger partial charge in [0.25, 0.3) is 0 Å². The predicted molar refractivity (Wildman–Crippen MR) is 121 cm³/mol. The van der Waals surface area contributed by atoms with Crippen molar-refractivity contribution in [2.75, 3.05) is 13.7 Å². The molecule has 2 aromatic rings. The molecule has 2 aliphatic carbocycles. The zero-order valence-electron chi connectivity index (χ0n) is 17.2. The van der Waals surface area contributed by atoms with Gasteiger partial charge in [0.05, 0.1) is 6.61 Å². The van der Waals surface area contributed by atoms with E-state index in [1.165, 1.54) is 16.7 Å². The maximum absolute atomic E-state index is 11.2. The van der Waals surface area contributed by atoms with Gasteiger partial charge in [0.15, 0.2) is 0 Å². The van der Waals surface area contributed by atoms with E-state index in [-0.39, 0.29) is 5.54 Å². The molecule has 0 spiro atoms. The maximum Gasteiger partial charge on any atom is 0.232 e. The molecule has 0 radical (unpaired) electrons. The van der Waals surface area contributed by atoms with Gasteiger partial charge in [0.1, 0.15) is 5.75 Å². The Labute approximate surface area is 186 Å². The smallest absolute Gasteiger partial charge is 0.232 e. The Kier molecular flexibility index (Phi) is 6.80. The van der Waals surface area contributed by atoms with Crippen molar-refractivity contribution in [3.63, 3.8) is 0 Å². The summed E-state index contributed by atoms with van der Waals surface area (Å²) in [5.74, 6) is 1.23. The van der Waals surface area contributed by atoms with E-state index in [0.29, 0.717) is 18.6 Å². The number of nitrogens with one attached hydrogen (secondary N) is 2. The van der Waals surface area contributed by atoms with E-state index in [1.807, 2.05) is 31.3 Å². The summed E-state index contributed by atoms with van der Waals surface area (Å²) >= 11 is 4.21. The zero-order chi connectivity index (χ0) is 21.1. The Morgan fingerprint density at radius 3 is 2.77 bits per heavy atom. The van der Waals surface area contributed by atoms with Gasteiger partial charge < -0.3 is 10.1 Å². The van der Waals surface area contributed by atoms with Gasteiger partial charge in [-0.15, -0.1) is 0 Å². The summed E-state index contributed by atoms with van der Waals surface area (Å²) < 4.78 is 29.2. The molecule has 2 aromatic carbocycles. The first-order valence-corrected chi connectivity index (χ1v) is 12.0. The van der Waals surface area contributed by atoms with Crippen LogP contribution < -0.4 is 14.8 Å². The van der Waals surface area contributed by atoms with Crippen molar-refractivity contribution in [3.8, 4) is 5.75 Å². The topological polar surface area (TPSA) is 70.6 Å². The van der Waals surface area contributed by atoms with Crippen LogP contribution in [0.3, 0.4) is 0 Å². The highest BCUT2D eigenvalue weighted by molar-refractivity contribution is 7.77.